The SMILES string of the molecule is COCCOCC(=O)Nc1cc2c(cc1C(=O)[O-])OCCCO2. The lowest BCUT2D eigenvalue weighted by atomic mass is 10.1. The Morgan fingerprint density at radius 3 is 2.57 bits per heavy atom. The van der Waals surface area contributed by atoms with Gasteiger partial charge in [0.1, 0.15) is 6.61 Å². The van der Waals surface area contributed by atoms with Gasteiger partial charge in [-0.25, -0.2) is 0 Å². The fourth-order valence-corrected chi connectivity index (χ4v) is 1.97. The van der Waals surface area contributed by atoms with Crippen LogP contribution in [0.5, 0.6) is 11.5 Å². The molecule has 1 aromatic carbocycles. The molecule has 1 amide bonds. The van der Waals surface area contributed by atoms with Gasteiger partial charge in [-0.05, 0) is 6.07 Å². The summed E-state index contributed by atoms with van der Waals surface area (Å²) in [4.78, 5) is 23.1. The van der Waals surface area contributed by atoms with Crippen LogP contribution in [-0.4, -0.2) is 52.0 Å². The molecule has 0 saturated carbocycles. The number of carboxylic acids is 1. The molecule has 0 saturated heterocycles. The third kappa shape index (κ3) is 4.83. The van der Waals surface area contributed by atoms with Crippen molar-refractivity contribution in [2.75, 3.05) is 45.5 Å². The van der Waals surface area contributed by atoms with Crippen LogP contribution in [0, 0.1) is 0 Å². The zero-order chi connectivity index (χ0) is 16.7. The van der Waals surface area contributed by atoms with Crippen LogP contribution in [0.3, 0.4) is 0 Å². The van der Waals surface area contributed by atoms with Crippen molar-refractivity contribution in [2.24, 2.45) is 0 Å². The Hall–Kier alpha value is -2.32. The maximum Gasteiger partial charge on any atom is 0.250 e. The second kappa shape index (κ2) is 8.35. The van der Waals surface area contributed by atoms with E-state index < -0.39 is 11.9 Å². The van der Waals surface area contributed by atoms with Crippen molar-refractivity contribution in [3.63, 3.8) is 0 Å². The second-order valence-electron chi connectivity index (χ2n) is 4.78. The molecule has 1 N–H and O–H groups in total. The Labute approximate surface area is 133 Å². The van der Waals surface area contributed by atoms with Gasteiger partial charge in [0.15, 0.2) is 11.5 Å². The van der Waals surface area contributed by atoms with Crippen molar-refractivity contribution in [2.45, 2.75) is 6.42 Å². The van der Waals surface area contributed by atoms with Crippen molar-refractivity contribution < 1.29 is 33.6 Å². The smallest absolute Gasteiger partial charge is 0.250 e. The Balaban J connectivity index is 2.11. The molecule has 0 atom stereocenters. The lowest BCUT2D eigenvalue weighted by Crippen LogP contribution is -2.26. The fraction of sp³-hybridized carbons (Fsp3) is 0.467. The number of nitrogens with one attached hydrogen (secondary N) is 1. The van der Waals surface area contributed by atoms with Gasteiger partial charge in [-0.2, -0.15) is 0 Å². The summed E-state index contributed by atoms with van der Waals surface area (Å²) in [6, 6.07) is 2.70. The predicted molar refractivity (Wildman–Crippen MR) is 77.7 cm³/mol. The highest BCUT2D eigenvalue weighted by Gasteiger charge is 2.17. The zero-order valence-corrected chi connectivity index (χ0v) is 12.8. The number of fused-ring (bicyclic) bond motifs is 1. The molecule has 126 valence electrons. The number of carbonyl (C=O) groups is 2. The molecular weight excluding hydrogens is 306 g/mol. The Morgan fingerprint density at radius 1 is 1.22 bits per heavy atom. The van der Waals surface area contributed by atoms with Crippen LogP contribution >= 0.6 is 0 Å². The number of hydrogen-bond donors (Lipinski definition) is 1. The molecule has 0 radical (unpaired) electrons. The standard InChI is InChI=1S/C15H19NO7/c1-20-5-6-21-9-14(17)16-11-8-13-12(7-10(11)15(18)19)22-3-2-4-23-13/h7-8H,2-6,9H2,1H3,(H,16,17)(H,18,19)/p-1. The fourth-order valence-electron chi connectivity index (χ4n) is 1.97. The molecule has 23 heavy (non-hydrogen) atoms. The third-order valence-corrected chi connectivity index (χ3v) is 3.05. The number of carbonyl (C=O) groups excluding carboxylic acids is 2. The van der Waals surface area contributed by atoms with E-state index in [0.717, 1.165) is 0 Å². The molecule has 0 aromatic heterocycles. The maximum absolute atomic E-state index is 11.8. The van der Waals surface area contributed by atoms with Crippen LogP contribution in [0.15, 0.2) is 12.1 Å². The number of benzene rings is 1. The molecule has 1 aliphatic rings. The minimum absolute atomic E-state index is 0.0783. The molecule has 0 unspecified atom stereocenters. The van der Waals surface area contributed by atoms with E-state index in [2.05, 4.69) is 5.32 Å². The molecule has 8 heteroatoms. The van der Waals surface area contributed by atoms with Gasteiger partial charge in [0.2, 0.25) is 5.91 Å². The van der Waals surface area contributed by atoms with Gasteiger partial charge in [-0.1, -0.05) is 0 Å². The highest BCUT2D eigenvalue weighted by molar-refractivity contribution is 6.01. The summed E-state index contributed by atoms with van der Waals surface area (Å²) in [5.41, 5.74) is -0.103. The van der Waals surface area contributed by atoms with Crippen LogP contribution in [0.2, 0.25) is 0 Å². The summed E-state index contributed by atoms with van der Waals surface area (Å²) in [7, 11) is 1.52. The Kier molecular flexibility index (Phi) is 6.19. The van der Waals surface area contributed by atoms with Gasteiger partial charge in [-0.15, -0.1) is 0 Å². The summed E-state index contributed by atoms with van der Waals surface area (Å²) >= 11 is 0. The topological polar surface area (TPSA) is 106 Å². The van der Waals surface area contributed by atoms with E-state index in [1.54, 1.807) is 0 Å². The van der Waals surface area contributed by atoms with Crippen LogP contribution in [0.25, 0.3) is 0 Å². The number of amides is 1. The van der Waals surface area contributed by atoms with Crippen LogP contribution < -0.4 is 19.9 Å². The first-order valence-electron chi connectivity index (χ1n) is 7.13. The summed E-state index contributed by atoms with van der Waals surface area (Å²) < 4.78 is 20.8. The molecule has 1 aliphatic heterocycles. The number of hydrogen-bond acceptors (Lipinski definition) is 7. The highest BCUT2D eigenvalue weighted by atomic mass is 16.5. The molecule has 0 bridgehead atoms. The van der Waals surface area contributed by atoms with Crippen molar-refractivity contribution in [1.82, 2.24) is 0 Å². The predicted octanol–water partition coefficient (Wildman–Crippen LogP) is -0.187. The largest absolute Gasteiger partial charge is 0.545 e. The van der Waals surface area contributed by atoms with Crippen LogP contribution in [0.4, 0.5) is 5.69 Å². The number of ether oxygens (including phenoxy) is 4. The maximum atomic E-state index is 11.8. The van der Waals surface area contributed by atoms with E-state index in [0.29, 0.717) is 37.7 Å². The average Bonchev–Trinajstić information content (AvgIpc) is 2.75. The van der Waals surface area contributed by atoms with Crippen LogP contribution in [-0.2, 0) is 14.3 Å². The number of rotatable bonds is 7. The lowest BCUT2D eigenvalue weighted by molar-refractivity contribution is -0.254. The average molecular weight is 324 g/mol. The van der Waals surface area contributed by atoms with E-state index in [1.165, 1.54) is 19.2 Å². The van der Waals surface area contributed by atoms with E-state index >= 15 is 0 Å². The van der Waals surface area contributed by atoms with Gasteiger partial charge < -0.3 is 34.2 Å². The summed E-state index contributed by atoms with van der Waals surface area (Å²) in [6.45, 7) is 1.29. The molecule has 8 nitrogen and oxygen atoms in total. The van der Waals surface area contributed by atoms with Crippen molar-refractivity contribution in [3.05, 3.63) is 17.7 Å². The Morgan fingerprint density at radius 2 is 1.91 bits per heavy atom. The molecular formula is C15H18NO7-. The van der Waals surface area contributed by atoms with Crippen molar-refractivity contribution in [1.29, 1.82) is 0 Å². The van der Waals surface area contributed by atoms with E-state index in [9.17, 15) is 14.7 Å². The summed E-state index contributed by atoms with van der Waals surface area (Å²) in [6.07, 6.45) is 0.685. The minimum atomic E-state index is -1.42. The number of methoxy groups -OCH3 is 1. The molecule has 0 fully saturated rings. The number of aromatic carboxylic acids is 1. The minimum Gasteiger partial charge on any atom is -0.545 e. The summed E-state index contributed by atoms with van der Waals surface area (Å²) in [5, 5.41) is 13.7. The van der Waals surface area contributed by atoms with Crippen molar-refractivity contribution in [3.8, 4) is 11.5 Å². The molecule has 0 aliphatic carbocycles. The first kappa shape index (κ1) is 17.0. The first-order valence-corrected chi connectivity index (χ1v) is 7.13. The summed E-state index contributed by atoms with van der Waals surface area (Å²) in [5.74, 6) is -1.21. The van der Waals surface area contributed by atoms with Gasteiger partial charge in [-0.3, -0.25) is 4.79 Å². The Bertz CT molecular complexity index is 573. The quantitative estimate of drug-likeness (QED) is 0.693. The lowest BCUT2D eigenvalue weighted by Gasteiger charge is -2.16. The first-order chi connectivity index (χ1) is 11.1. The van der Waals surface area contributed by atoms with Gasteiger partial charge in [0, 0.05) is 25.2 Å². The van der Waals surface area contributed by atoms with E-state index in [-0.39, 0.29) is 24.5 Å². The third-order valence-electron chi connectivity index (χ3n) is 3.05. The van der Waals surface area contributed by atoms with Crippen LogP contribution in [0.1, 0.15) is 16.8 Å². The van der Waals surface area contributed by atoms with E-state index in [4.69, 9.17) is 18.9 Å². The van der Waals surface area contributed by atoms with E-state index in [1.807, 2.05) is 0 Å². The zero-order valence-electron chi connectivity index (χ0n) is 12.8. The molecule has 1 heterocycles. The normalized spacial score (nSPS) is 13.3. The molecule has 0 spiro atoms. The van der Waals surface area contributed by atoms with Gasteiger partial charge in [0.25, 0.3) is 0 Å². The number of anilines is 1. The second-order valence-corrected chi connectivity index (χ2v) is 4.78. The van der Waals surface area contributed by atoms with Crippen molar-refractivity contribution >= 4 is 17.6 Å². The molecule has 2 rings (SSSR count). The highest BCUT2D eigenvalue weighted by Crippen LogP contribution is 2.35. The van der Waals surface area contributed by atoms with Gasteiger partial charge >= 0.3 is 0 Å². The monoisotopic (exact) mass is 324 g/mol. The van der Waals surface area contributed by atoms with Gasteiger partial charge in [0.05, 0.1) is 38.1 Å². The molecule has 1 aromatic rings. The number of carboxylic acid groups (broad SMARTS) is 1.